The van der Waals surface area contributed by atoms with E-state index in [4.69, 9.17) is 0 Å². The molecule has 0 saturated carbocycles. The van der Waals surface area contributed by atoms with Crippen molar-refractivity contribution in [2.45, 2.75) is 0 Å². The van der Waals surface area contributed by atoms with Gasteiger partial charge in [0, 0.05) is 43.9 Å². The molecular formula is C14H19N5O4. The maximum Gasteiger partial charge on any atom is 0.270 e. The zero-order valence-corrected chi connectivity index (χ0v) is 12.8. The monoisotopic (exact) mass is 321 g/mol. The Labute approximate surface area is 133 Å². The number of phenolic OH excluding ortho intramolecular Hbond substituents is 1. The van der Waals surface area contributed by atoms with Crippen molar-refractivity contribution in [3.8, 4) is 5.75 Å². The molecule has 1 aromatic rings. The summed E-state index contributed by atoms with van der Waals surface area (Å²) in [6, 6.07) is 3.59. The summed E-state index contributed by atoms with van der Waals surface area (Å²) >= 11 is 0. The maximum atomic E-state index is 11.8. The predicted octanol–water partition coefficient (Wildman–Crippen LogP) is -0.00210. The molecule has 0 unspecified atom stereocenters. The molecule has 124 valence electrons. The van der Waals surface area contributed by atoms with Crippen LogP contribution in [0, 0.1) is 10.1 Å². The van der Waals surface area contributed by atoms with Gasteiger partial charge in [0.15, 0.2) is 0 Å². The first kappa shape index (κ1) is 16.8. The van der Waals surface area contributed by atoms with Gasteiger partial charge in [0.05, 0.1) is 17.7 Å². The number of benzene rings is 1. The van der Waals surface area contributed by atoms with Crippen molar-refractivity contribution in [2.75, 3.05) is 39.8 Å². The maximum absolute atomic E-state index is 11.8. The number of non-ortho nitro benzene ring substituents is 1. The SMILES string of the molecule is CN1CCN(CC(=O)N/N=C/c2cc([N+](=O)[O-])ccc2O)CC1. The van der Waals surface area contributed by atoms with Gasteiger partial charge in [-0.05, 0) is 13.1 Å². The van der Waals surface area contributed by atoms with Crippen LogP contribution in [0.5, 0.6) is 5.75 Å². The molecule has 1 saturated heterocycles. The fraction of sp³-hybridized carbons (Fsp3) is 0.429. The topological polar surface area (TPSA) is 111 Å². The predicted molar refractivity (Wildman–Crippen MR) is 84.4 cm³/mol. The second-order valence-corrected chi connectivity index (χ2v) is 5.37. The minimum Gasteiger partial charge on any atom is -0.507 e. The summed E-state index contributed by atoms with van der Waals surface area (Å²) in [5, 5.41) is 24.1. The van der Waals surface area contributed by atoms with Gasteiger partial charge in [-0.3, -0.25) is 19.8 Å². The van der Waals surface area contributed by atoms with Crippen LogP contribution in [0.4, 0.5) is 5.69 Å². The van der Waals surface area contributed by atoms with Gasteiger partial charge in [0.1, 0.15) is 5.75 Å². The number of rotatable bonds is 5. The normalized spacial score (nSPS) is 16.6. The Morgan fingerprint density at radius 3 is 2.78 bits per heavy atom. The number of hydrogen-bond donors (Lipinski definition) is 2. The third-order valence-corrected chi connectivity index (χ3v) is 3.58. The minimum atomic E-state index is -0.567. The van der Waals surface area contributed by atoms with Gasteiger partial charge in [-0.1, -0.05) is 0 Å². The first-order valence-corrected chi connectivity index (χ1v) is 7.16. The molecule has 0 spiro atoms. The quantitative estimate of drug-likeness (QED) is 0.448. The van der Waals surface area contributed by atoms with Gasteiger partial charge in [0.25, 0.3) is 11.6 Å². The fourth-order valence-corrected chi connectivity index (χ4v) is 2.18. The number of aromatic hydroxyl groups is 1. The van der Waals surface area contributed by atoms with Crippen LogP contribution in [-0.4, -0.2) is 71.7 Å². The van der Waals surface area contributed by atoms with Gasteiger partial charge in [-0.25, -0.2) is 5.43 Å². The van der Waals surface area contributed by atoms with Gasteiger partial charge in [0.2, 0.25) is 0 Å². The summed E-state index contributed by atoms with van der Waals surface area (Å²) in [4.78, 5) is 26.1. The molecule has 0 aromatic heterocycles. The minimum absolute atomic E-state index is 0.146. The highest BCUT2D eigenvalue weighted by molar-refractivity contribution is 5.86. The number of hydrogen-bond acceptors (Lipinski definition) is 7. The summed E-state index contributed by atoms with van der Waals surface area (Å²) in [5.41, 5.74) is 2.37. The number of nitrogens with one attached hydrogen (secondary N) is 1. The third kappa shape index (κ3) is 5.01. The zero-order valence-electron chi connectivity index (χ0n) is 12.8. The van der Waals surface area contributed by atoms with Crippen molar-refractivity contribution in [1.29, 1.82) is 0 Å². The second-order valence-electron chi connectivity index (χ2n) is 5.37. The van der Waals surface area contributed by atoms with E-state index in [1.165, 1.54) is 24.4 Å². The molecule has 9 nitrogen and oxygen atoms in total. The lowest BCUT2D eigenvalue weighted by molar-refractivity contribution is -0.384. The Kier molecular flexibility index (Phi) is 5.61. The Morgan fingerprint density at radius 1 is 1.43 bits per heavy atom. The van der Waals surface area contributed by atoms with Crippen LogP contribution in [0.15, 0.2) is 23.3 Å². The molecule has 9 heteroatoms. The number of carbonyl (C=O) groups is 1. The van der Waals surface area contributed by atoms with Gasteiger partial charge in [-0.2, -0.15) is 5.10 Å². The molecular weight excluding hydrogens is 302 g/mol. The lowest BCUT2D eigenvalue weighted by atomic mass is 10.2. The van der Waals surface area contributed by atoms with E-state index in [1.54, 1.807) is 0 Å². The molecule has 23 heavy (non-hydrogen) atoms. The number of nitrogens with zero attached hydrogens (tertiary/aromatic N) is 4. The Hall–Kier alpha value is -2.52. The number of hydrazone groups is 1. The number of phenols is 1. The van der Waals surface area contributed by atoms with E-state index in [0.29, 0.717) is 0 Å². The largest absolute Gasteiger partial charge is 0.507 e. The van der Waals surface area contributed by atoms with Crippen LogP contribution in [0.25, 0.3) is 0 Å². The first-order chi connectivity index (χ1) is 11.0. The number of amides is 1. The van der Waals surface area contributed by atoms with Crippen LogP contribution < -0.4 is 5.43 Å². The van der Waals surface area contributed by atoms with E-state index in [0.717, 1.165) is 26.2 Å². The lowest BCUT2D eigenvalue weighted by Crippen LogP contribution is -2.47. The Morgan fingerprint density at radius 2 is 2.13 bits per heavy atom. The highest BCUT2D eigenvalue weighted by Crippen LogP contribution is 2.21. The molecule has 1 fully saturated rings. The van der Waals surface area contributed by atoms with Crippen molar-refractivity contribution in [2.24, 2.45) is 5.10 Å². The van der Waals surface area contributed by atoms with Crippen molar-refractivity contribution in [3.63, 3.8) is 0 Å². The molecule has 1 aliphatic rings. The fourth-order valence-electron chi connectivity index (χ4n) is 2.18. The van der Waals surface area contributed by atoms with E-state index in [-0.39, 0.29) is 29.5 Å². The van der Waals surface area contributed by atoms with E-state index >= 15 is 0 Å². The number of nitro groups is 1. The molecule has 0 atom stereocenters. The number of nitro benzene ring substituents is 1. The van der Waals surface area contributed by atoms with Crippen molar-refractivity contribution in [3.05, 3.63) is 33.9 Å². The Bertz CT molecular complexity index is 611. The third-order valence-electron chi connectivity index (χ3n) is 3.58. The van der Waals surface area contributed by atoms with Crippen LogP contribution in [0.3, 0.4) is 0 Å². The molecule has 0 aliphatic carbocycles. The summed E-state index contributed by atoms with van der Waals surface area (Å²) in [7, 11) is 2.03. The lowest BCUT2D eigenvalue weighted by Gasteiger charge is -2.31. The van der Waals surface area contributed by atoms with E-state index in [1.807, 2.05) is 11.9 Å². The van der Waals surface area contributed by atoms with Gasteiger partial charge in [-0.15, -0.1) is 0 Å². The zero-order chi connectivity index (χ0) is 16.8. The standard InChI is InChI=1S/C14H19N5O4/c1-17-4-6-18(7-5-17)10-14(21)16-15-9-11-8-12(19(22)23)2-3-13(11)20/h2-3,8-9,20H,4-7,10H2,1H3,(H,16,21)/b15-9+. The van der Waals surface area contributed by atoms with Crippen molar-refractivity contribution in [1.82, 2.24) is 15.2 Å². The van der Waals surface area contributed by atoms with Crippen molar-refractivity contribution >= 4 is 17.8 Å². The number of carbonyl (C=O) groups excluding carboxylic acids is 1. The summed E-state index contributed by atoms with van der Waals surface area (Å²) < 4.78 is 0. The molecule has 2 rings (SSSR count). The van der Waals surface area contributed by atoms with E-state index in [9.17, 15) is 20.0 Å². The molecule has 1 heterocycles. The summed E-state index contributed by atoms with van der Waals surface area (Å²) in [6.45, 7) is 3.71. The van der Waals surface area contributed by atoms with Crippen molar-refractivity contribution < 1.29 is 14.8 Å². The smallest absolute Gasteiger partial charge is 0.270 e. The van der Waals surface area contributed by atoms with Crippen LogP contribution in [0.2, 0.25) is 0 Å². The molecule has 2 N–H and O–H groups in total. The molecule has 1 amide bonds. The summed E-state index contributed by atoms with van der Waals surface area (Å²) in [5.74, 6) is -0.414. The summed E-state index contributed by atoms with van der Waals surface area (Å²) in [6.07, 6.45) is 1.18. The average molecular weight is 321 g/mol. The van der Waals surface area contributed by atoms with Gasteiger partial charge < -0.3 is 10.0 Å². The van der Waals surface area contributed by atoms with E-state index in [2.05, 4.69) is 15.4 Å². The molecule has 1 aliphatic heterocycles. The molecule has 1 aromatic carbocycles. The average Bonchev–Trinajstić information content (AvgIpc) is 2.51. The highest BCUT2D eigenvalue weighted by Gasteiger charge is 2.16. The Balaban J connectivity index is 1.87. The number of likely N-dealkylation sites (N-methyl/N-ethyl adjacent to an activating group) is 1. The second kappa shape index (κ2) is 7.65. The van der Waals surface area contributed by atoms with Gasteiger partial charge >= 0.3 is 0 Å². The number of piperazine rings is 1. The molecule has 0 bridgehead atoms. The highest BCUT2D eigenvalue weighted by atomic mass is 16.6. The first-order valence-electron chi connectivity index (χ1n) is 7.16. The van der Waals surface area contributed by atoms with E-state index < -0.39 is 4.92 Å². The van der Waals surface area contributed by atoms with Crippen LogP contribution in [0.1, 0.15) is 5.56 Å². The van der Waals surface area contributed by atoms with Crippen LogP contribution >= 0.6 is 0 Å². The van der Waals surface area contributed by atoms with Crippen LogP contribution in [-0.2, 0) is 4.79 Å². The molecule has 0 radical (unpaired) electrons.